The van der Waals surface area contributed by atoms with Gasteiger partial charge in [-0.05, 0) is 38.3 Å². The highest BCUT2D eigenvalue weighted by Gasteiger charge is 2.25. The second-order valence-electron chi connectivity index (χ2n) is 4.51. The van der Waals surface area contributed by atoms with E-state index in [9.17, 15) is 0 Å². The molecule has 2 heterocycles. The summed E-state index contributed by atoms with van der Waals surface area (Å²) in [5.41, 5.74) is 1.35. The van der Waals surface area contributed by atoms with E-state index < -0.39 is 0 Å². The summed E-state index contributed by atoms with van der Waals surface area (Å²) in [6.45, 7) is 1.14. The van der Waals surface area contributed by atoms with Gasteiger partial charge in [0.2, 0.25) is 0 Å². The van der Waals surface area contributed by atoms with Crippen LogP contribution in [0.1, 0.15) is 37.3 Å². The van der Waals surface area contributed by atoms with E-state index in [4.69, 9.17) is 0 Å². The molecule has 0 aromatic carbocycles. The first-order valence-corrected chi connectivity index (χ1v) is 5.88. The molecule has 1 unspecified atom stereocenters. The summed E-state index contributed by atoms with van der Waals surface area (Å²) in [5, 5.41) is 7.04. The maximum absolute atomic E-state index is 4.45. The van der Waals surface area contributed by atoms with E-state index in [1.54, 1.807) is 0 Å². The molecule has 1 aliphatic carbocycles. The van der Waals surface area contributed by atoms with Gasteiger partial charge in [-0.2, -0.15) is 0 Å². The third-order valence-corrected chi connectivity index (χ3v) is 3.19. The number of hydrogen-bond donors (Lipinski definition) is 2. The maximum atomic E-state index is 4.45. The van der Waals surface area contributed by atoms with E-state index in [-0.39, 0.29) is 0 Å². The lowest BCUT2D eigenvalue weighted by atomic mass is 10.1. The first kappa shape index (κ1) is 9.16. The van der Waals surface area contributed by atoms with Gasteiger partial charge in [-0.25, -0.2) is 4.98 Å². The number of hydrogen-bond acceptors (Lipinski definition) is 3. The van der Waals surface area contributed by atoms with E-state index in [2.05, 4.69) is 21.7 Å². The molecule has 2 aliphatic rings. The van der Waals surface area contributed by atoms with Crippen molar-refractivity contribution < 1.29 is 0 Å². The SMILES string of the molecule is c1cnc(NC2CC2)c(C2CCCN2)c1. The van der Waals surface area contributed by atoms with Crippen LogP contribution in [0.15, 0.2) is 18.3 Å². The molecule has 3 rings (SSSR count). The minimum atomic E-state index is 0.514. The molecule has 0 bridgehead atoms. The Morgan fingerprint density at radius 2 is 2.27 bits per heavy atom. The first-order valence-electron chi connectivity index (χ1n) is 5.88. The van der Waals surface area contributed by atoms with Crippen molar-refractivity contribution in [2.75, 3.05) is 11.9 Å². The summed E-state index contributed by atoms with van der Waals surface area (Å²) in [6.07, 6.45) is 7.00. The molecule has 3 heteroatoms. The molecule has 1 aromatic heterocycles. The number of pyridine rings is 1. The van der Waals surface area contributed by atoms with Gasteiger partial charge in [-0.15, -0.1) is 0 Å². The fourth-order valence-corrected chi connectivity index (χ4v) is 2.19. The highest BCUT2D eigenvalue weighted by Crippen LogP contribution is 2.31. The molecule has 2 N–H and O–H groups in total. The lowest BCUT2D eigenvalue weighted by Crippen LogP contribution is -2.16. The number of nitrogens with zero attached hydrogens (tertiary/aromatic N) is 1. The fraction of sp³-hybridized carbons (Fsp3) is 0.583. The number of aromatic nitrogens is 1. The Morgan fingerprint density at radius 1 is 1.33 bits per heavy atom. The Morgan fingerprint density at radius 3 is 3.00 bits per heavy atom. The Bertz CT molecular complexity index is 340. The van der Waals surface area contributed by atoms with Crippen molar-refractivity contribution in [3.8, 4) is 0 Å². The van der Waals surface area contributed by atoms with Crippen LogP contribution in [0.3, 0.4) is 0 Å². The van der Waals surface area contributed by atoms with Crippen LogP contribution in [0.5, 0.6) is 0 Å². The third-order valence-electron chi connectivity index (χ3n) is 3.19. The molecule has 1 aliphatic heterocycles. The zero-order valence-corrected chi connectivity index (χ0v) is 8.87. The summed E-state index contributed by atoms with van der Waals surface area (Å²) >= 11 is 0. The summed E-state index contributed by atoms with van der Waals surface area (Å²) in [4.78, 5) is 4.45. The largest absolute Gasteiger partial charge is 0.367 e. The van der Waals surface area contributed by atoms with Crippen LogP contribution in [0, 0.1) is 0 Å². The van der Waals surface area contributed by atoms with Crippen LogP contribution in [-0.4, -0.2) is 17.6 Å². The van der Waals surface area contributed by atoms with Gasteiger partial charge in [0.15, 0.2) is 0 Å². The van der Waals surface area contributed by atoms with Crippen LogP contribution in [-0.2, 0) is 0 Å². The van der Waals surface area contributed by atoms with Crippen LogP contribution in [0.2, 0.25) is 0 Å². The Labute approximate surface area is 90.3 Å². The molecule has 1 atom stereocenters. The van der Waals surface area contributed by atoms with Gasteiger partial charge < -0.3 is 10.6 Å². The summed E-state index contributed by atoms with van der Waals surface area (Å²) in [7, 11) is 0. The summed E-state index contributed by atoms with van der Waals surface area (Å²) in [6, 6.07) is 5.42. The van der Waals surface area contributed by atoms with Gasteiger partial charge in [0.1, 0.15) is 5.82 Å². The molecule has 80 valence electrons. The second-order valence-corrected chi connectivity index (χ2v) is 4.51. The van der Waals surface area contributed by atoms with Crippen LogP contribution in [0.25, 0.3) is 0 Å². The summed E-state index contributed by atoms with van der Waals surface area (Å²) < 4.78 is 0. The van der Waals surface area contributed by atoms with E-state index in [1.807, 2.05) is 12.3 Å². The van der Waals surface area contributed by atoms with Gasteiger partial charge >= 0.3 is 0 Å². The molecular formula is C12H17N3. The Balaban J connectivity index is 1.83. The molecule has 1 saturated carbocycles. The molecule has 2 fully saturated rings. The minimum absolute atomic E-state index is 0.514. The monoisotopic (exact) mass is 203 g/mol. The van der Waals surface area contributed by atoms with Crippen molar-refractivity contribution in [1.29, 1.82) is 0 Å². The second kappa shape index (κ2) is 3.81. The molecule has 0 spiro atoms. The average molecular weight is 203 g/mol. The lowest BCUT2D eigenvalue weighted by molar-refractivity contribution is 0.646. The van der Waals surface area contributed by atoms with Crippen molar-refractivity contribution in [1.82, 2.24) is 10.3 Å². The van der Waals surface area contributed by atoms with E-state index in [0.29, 0.717) is 12.1 Å². The first-order chi connectivity index (χ1) is 7.43. The predicted octanol–water partition coefficient (Wildman–Crippen LogP) is 2.08. The normalized spacial score (nSPS) is 25.5. The van der Waals surface area contributed by atoms with Gasteiger partial charge in [-0.1, -0.05) is 6.07 Å². The Hall–Kier alpha value is -1.09. The Kier molecular flexibility index (Phi) is 2.33. The molecule has 0 radical (unpaired) electrons. The van der Waals surface area contributed by atoms with Gasteiger partial charge in [0.05, 0.1) is 0 Å². The number of nitrogens with one attached hydrogen (secondary N) is 2. The van der Waals surface area contributed by atoms with Gasteiger partial charge in [0.25, 0.3) is 0 Å². The molecular weight excluding hydrogens is 186 g/mol. The van der Waals surface area contributed by atoms with E-state index in [1.165, 1.54) is 31.2 Å². The topological polar surface area (TPSA) is 37.0 Å². The molecule has 0 amide bonds. The quantitative estimate of drug-likeness (QED) is 0.789. The molecule has 1 aromatic rings. The number of rotatable bonds is 3. The maximum Gasteiger partial charge on any atom is 0.130 e. The predicted molar refractivity (Wildman–Crippen MR) is 60.9 cm³/mol. The number of anilines is 1. The van der Waals surface area contributed by atoms with Crippen LogP contribution < -0.4 is 10.6 Å². The standard InChI is InChI=1S/C12H17N3/c1-3-10(11-4-2-7-13-11)12(14-8-1)15-9-5-6-9/h1,3,8-9,11,13H,2,4-7H2,(H,14,15). The van der Waals surface area contributed by atoms with Crippen molar-refractivity contribution >= 4 is 5.82 Å². The van der Waals surface area contributed by atoms with Crippen molar-refractivity contribution in [2.24, 2.45) is 0 Å². The molecule has 15 heavy (non-hydrogen) atoms. The average Bonchev–Trinajstić information content (AvgIpc) is 2.93. The lowest BCUT2D eigenvalue weighted by Gasteiger charge is -2.15. The fourth-order valence-electron chi connectivity index (χ4n) is 2.19. The van der Waals surface area contributed by atoms with Crippen molar-refractivity contribution in [3.63, 3.8) is 0 Å². The van der Waals surface area contributed by atoms with E-state index in [0.717, 1.165) is 12.4 Å². The van der Waals surface area contributed by atoms with Crippen LogP contribution in [0.4, 0.5) is 5.82 Å². The highest BCUT2D eigenvalue weighted by atomic mass is 15.1. The molecule has 3 nitrogen and oxygen atoms in total. The van der Waals surface area contributed by atoms with E-state index >= 15 is 0 Å². The zero-order chi connectivity index (χ0) is 10.1. The van der Waals surface area contributed by atoms with Gasteiger partial charge in [0, 0.05) is 23.8 Å². The smallest absolute Gasteiger partial charge is 0.130 e. The van der Waals surface area contributed by atoms with Crippen LogP contribution >= 0.6 is 0 Å². The third kappa shape index (κ3) is 1.97. The van der Waals surface area contributed by atoms with Crippen molar-refractivity contribution in [3.05, 3.63) is 23.9 Å². The summed E-state index contributed by atoms with van der Waals surface area (Å²) in [5.74, 6) is 1.10. The van der Waals surface area contributed by atoms with Gasteiger partial charge in [-0.3, -0.25) is 0 Å². The minimum Gasteiger partial charge on any atom is -0.367 e. The molecule has 1 saturated heterocycles. The van der Waals surface area contributed by atoms with Crippen molar-refractivity contribution in [2.45, 2.75) is 37.8 Å². The highest BCUT2D eigenvalue weighted by molar-refractivity contribution is 5.47. The zero-order valence-electron chi connectivity index (χ0n) is 8.87.